The van der Waals surface area contributed by atoms with Gasteiger partial charge in [0.25, 0.3) is 5.91 Å². The van der Waals surface area contributed by atoms with Crippen molar-refractivity contribution in [2.45, 2.75) is 13.1 Å². The van der Waals surface area contributed by atoms with Gasteiger partial charge in [-0.05, 0) is 23.8 Å². The van der Waals surface area contributed by atoms with Crippen LogP contribution in [-0.2, 0) is 24.9 Å². The van der Waals surface area contributed by atoms with E-state index in [1.165, 1.54) is 0 Å². The first kappa shape index (κ1) is 14.1. The Labute approximate surface area is 117 Å². The third kappa shape index (κ3) is 3.83. The predicted octanol–water partition coefficient (Wildman–Crippen LogP) is 0.574. The van der Waals surface area contributed by atoms with Crippen molar-refractivity contribution in [3.63, 3.8) is 0 Å². The van der Waals surface area contributed by atoms with E-state index in [1.807, 2.05) is 25.2 Å². The Kier molecular flexibility index (Phi) is 4.73. The van der Waals surface area contributed by atoms with Crippen molar-refractivity contribution in [1.82, 2.24) is 15.1 Å². The molecule has 1 amide bonds. The molecule has 1 heterocycles. The zero-order valence-corrected chi connectivity index (χ0v) is 11.4. The summed E-state index contributed by atoms with van der Waals surface area (Å²) in [4.78, 5) is 11.7. The third-order valence-electron chi connectivity index (χ3n) is 2.92. The summed E-state index contributed by atoms with van der Waals surface area (Å²) in [5.41, 5.74) is 7.47. The van der Waals surface area contributed by atoms with Gasteiger partial charge in [0.05, 0.1) is 12.2 Å². The average Bonchev–Trinajstić information content (AvgIpc) is 2.89. The molecule has 2 aromatic rings. The summed E-state index contributed by atoms with van der Waals surface area (Å²) in [6.45, 7) is 0.913. The largest absolute Gasteiger partial charge is 0.484 e. The van der Waals surface area contributed by atoms with Crippen LogP contribution >= 0.6 is 0 Å². The van der Waals surface area contributed by atoms with E-state index in [4.69, 9.17) is 10.5 Å². The fourth-order valence-corrected chi connectivity index (χ4v) is 1.69. The molecule has 0 aliphatic heterocycles. The van der Waals surface area contributed by atoms with Gasteiger partial charge in [-0.25, -0.2) is 0 Å². The van der Waals surface area contributed by atoms with E-state index >= 15 is 0 Å². The first-order chi connectivity index (χ1) is 9.69. The molecule has 0 aliphatic carbocycles. The van der Waals surface area contributed by atoms with Crippen molar-refractivity contribution in [1.29, 1.82) is 0 Å². The molecular formula is C14H18N4O2. The van der Waals surface area contributed by atoms with Gasteiger partial charge in [0, 0.05) is 19.8 Å². The summed E-state index contributed by atoms with van der Waals surface area (Å²) in [6, 6.07) is 9.21. The summed E-state index contributed by atoms with van der Waals surface area (Å²) in [6.07, 6.45) is 1.69. The lowest BCUT2D eigenvalue weighted by atomic mass is 10.2. The quantitative estimate of drug-likeness (QED) is 0.807. The summed E-state index contributed by atoms with van der Waals surface area (Å²) < 4.78 is 7.11. The van der Waals surface area contributed by atoms with Gasteiger partial charge in [-0.1, -0.05) is 12.1 Å². The molecule has 20 heavy (non-hydrogen) atoms. The molecular weight excluding hydrogens is 256 g/mol. The Morgan fingerprint density at radius 1 is 1.35 bits per heavy atom. The van der Waals surface area contributed by atoms with Gasteiger partial charge in [0.2, 0.25) is 0 Å². The van der Waals surface area contributed by atoms with Crippen LogP contribution in [0.4, 0.5) is 0 Å². The van der Waals surface area contributed by atoms with Crippen molar-refractivity contribution in [2.24, 2.45) is 12.8 Å². The van der Waals surface area contributed by atoms with Crippen LogP contribution in [0.5, 0.6) is 5.75 Å². The van der Waals surface area contributed by atoms with Crippen molar-refractivity contribution < 1.29 is 9.53 Å². The first-order valence-corrected chi connectivity index (χ1v) is 6.34. The lowest BCUT2D eigenvalue weighted by molar-refractivity contribution is -0.123. The fraction of sp³-hybridized carbons (Fsp3) is 0.286. The van der Waals surface area contributed by atoms with Gasteiger partial charge in [-0.3, -0.25) is 9.48 Å². The van der Waals surface area contributed by atoms with Gasteiger partial charge in [-0.15, -0.1) is 0 Å². The smallest absolute Gasteiger partial charge is 0.258 e. The van der Waals surface area contributed by atoms with E-state index < -0.39 is 0 Å². The Morgan fingerprint density at radius 3 is 2.70 bits per heavy atom. The maximum Gasteiger partial charge on any atom is 0.258 e. The number of nitrogens with one attached hydrogen (secondary N) is 1. The summed E-state index contributed by atoms with van der Waals surface area (Å²) >= 11 is 0. The van der Waals surface area contributed by atoms with Gasteiger partial charge in [0.15, 0.2) is 6.61 Å². The Bertz CT molecular complexity index is 563. The van der Waals surface area contributed by atoms with E-state index in [0.29, 0.717) is 18.8 Å². The Balaban J connectivity index is 1.75. The third-order valence-corrected chi connectivity index (χ3v) is 2.92. The molecule has 0 spiro atoms. The van der Waals surface area contributed by atoms with E-state index in [2.05, 4.69) is 10.4 Å². The molecule has 6 nitrogen and oxygen atoms in total. The van der Waals surface area contributed by atoms with Gasteiger partial charge >= 0.3 is 0 Å². The predicted molar refractivity (Wildman–Crippen MR) is 74.9 cm³/mol. The molecule has 0 atom stereocenters. The van der Waals surface area contributed by atoms with E-state index in [-0.39, 0.29) is 12.5 Å². The van der Waals surface area contributed by atoms with Crippen molar-refractivity contribution in [3.8, 4) is 5.75 Å². The minimum atomic E-state index is -0.172. The summed E-state index contributed by atoms with van der Waals surface area (Å²) in [5.74, 6) is 0.479. The van der Waals surface area contributed by atoms with Crippen LogP contribution < -0.4 is 15.8 Å². The maximum absolute atomic E-state index is 11.7. The Hall–Kier alpha value is -2.34. The standard InChI is InChI=1S/C14H18N4O2/c1-18-12(6-7-17-18)9-16-14(19)10-20-13-4-2-11(8-15)3-5-13/h2-7H,8-10,15H2,1H3,(H,16,19). The SMILES string of the molecule is Cn1nccc1CNC(=O)COc1ccc(CN)cc1. The minimum absolute atomic E-state index is 0.0141. The molecule has 6 heteroatoms. The summed E-state index contributed by atoms with van der Waals surface area (Å²) in [7, 11) is 1.83. The number of amides is 1. The van der Waals surface area contributed by atoms with E-state index in [0.717, 1.165) is 11.3 Å². The van der Waals surface area contributed by atoms with Crippen LogP contribution in [0, 0.1) is 0 Å². The second-order valence-electron chi connectivity index (χ2n) is 4.36. The lowest BCUT2D eigenvalue weighted by Crippen LogP contribution is -2.29. The highest BCUT2D eigenvalue weighted by molar-refractivity contribution is 5.77. The van der Waals surface area contributed by atoms with E-state index in [9.17, 15) is 4.79 Å². The molecule has 0 aliphatic rings. The number of benzene rings is 1. The number of aryl methyl sites for hydroxylation is 1. The number of ether oxygens (including phenoxy) is 1. The molecule has 0 bridgehead atoms. The second kappa shape index (κ2) is 6.72. The number of hydrogen-bond acceptors (Lipinski definition) is 4. The van der Waals surface area contributed by atoms with Gasteiger partial charge < -0.3 is 15.8 Å². The monoisotopic (exact) mass is 274 g/mol. The minimum Gasteiger partial charge on any atom is -0.484 e. The molecule has 2 rings (SSSR count). The topological polar surface area (TPSA) is 82.2 Å². The molecule has 1 aromatic carbocycles. The Morgan fingerprint density at radius 2 is 2.10 bits per heavy atom. The molecule has 0 saturated carbocycles. The first-order valence-electron chi connectivity index (χ1n) is 6.34. The van der Waals surface area contributed by atoms with Crippen molar-refractivity contribution in [2.75, 3.05) is 6.61 Å². The van der Waals surface area contributed by atoms with Gasteiger partial charge in [-0.2, -0.15) is 5.10 Å². The van der Waals surface area contributed by atoms with Gasteiger partial charge in [0.1, 0.15) is 5.75 Å². The zero-order valence-electron chi connectivity index (χ0n) is 11.4. The number of nitrogens with two attached hydrogens (primary N) is 1. The van der Waals surface area contributed by atoms with Crippen LogP contribution in [0.25, 0.3) is 0 Å². The van der Waals surface area contributed by atoms with Crippen LogP contribution in [0.2, 0.25) is 0 Å². The summed E-state index contributed by atoms with van der Waals surface area (Å²) in [5, 5.41) is 6.80. The maximum atomic E-state index is 11.7. The highest BCUT2D eigenvalue weighted by Crippen LogP contribution is 2.11. The number of aromatic nitrogens is 2. The highest BCUT2D eigenvalue weighted by Gasteiger charge is 2.04. The van der Waals surface area contributed by atoms with Crippen LogP contribution in [0.1, 0.15) is 11.3 Å². The molecule has 0 fully saturated rings. The number of hydrogen-bond donors (Lipinski definition) is 2. The highest BCUT2D eigenvalue weighted by atomic mass is 16.5. The van der Waals surface area contributed by atoms with Crippen LogP contribution in [-0.4, -0.2) is 22.3 Å². The number of nitrogens with zero attached hydrogens (tertiary/aromatic N) is 2. The normalized spacial score (nSPS) is 10.3. The molecule has 106 valence electrons. The molecule has 1 aromatic heterocycles. The van der Waals surface area contributed by atoms with E-state index in [1.54, 1.807) is 23.0 Å². The molecule has 0 radical (unpaired) electrons. The number of carbonyl (C=O) groups is 1. The average molecular weight is 274 g/mol. The number of carbonyl (C=O) groups excluding carboxylic acids is 1. The number of rotatable bonds is 6. The molecule has 0 unspecified atom stereocenters. The fourth-order valence-electron chi connectivity index (χ4n) is 1.69. The zero-order chi connectivity index (χ0) is 14.4. The second-order valence-corrected chi connectivity index (χ2v) is 4.36. The van der Waals surface area contributed by atoms with Crippen molar-refractivity contribution >= 4 is 5.91 Å². The molecule has 3 N–H and O–H groups in total. The van der Waals surface area contributed by atoms with Crippen LogP contribution in [0.15, 0.2) is 36.5 Å². The van der Waals surface area contributed by atoms with Crippen LogP contribution in [0.3, 0.4) is 0 Å². The lowest BCUT2D eigenvalue weighted by Gasteiger charge is -2.08. The molecule has 0 saturated heterocycles. The van der Waals surface area contributed by atoms with Crippen molar-refractivity contribution in [3.05, 3.63) is 47.8 Å².